The van der Waals surface area contributed by atoms with E-state index in [2.05, 4.69) is 5.32 Å². The number of hydrogen-bond acceptors (Lipinski definition) is 7. The minimum atomic E-state index is -0.874. The molecule has 0 unspecified atom stereocenters. The standard InChI is InChI=1S/C18H18ClNO7/c1-24-13-6-4-5-10(17(13)22)18(23)27-9-16(21)20-12-7-11(19)14(25-2)8-15(12)26-3/h4-8,22H,9H2,1-3H3,(H,20,21). The molecule has 0 saturated heterocycles. The molecule has 2 rings (SSSR count). The van der Waals surface area contributed by atoms with Crippen molar-refractivity contribution in [3.63, 3.8) is 0 Å². The van der Waals surface area contributed by atoms with Gasteiger partial charge in [-0.05, 0) is 18.2 Å². The Kier molecular flexibility index (Phi) is 6.73. The molecule has 0 spiro atoms. The third kappa shape index (κ3) is 4.73. The Labute approximate surface area is 160 Å². The minimum absolute atomic E-state index is 0.117. The first kappa shape index (κ1) is 20.2. The second-order valence-electron chi connectivity index (χ2n) is 5.17. The largest absolute Gasteiger partial charge is 0.504 e. The van der Waals surface area contributed by atoms with Crippen molar-refractivity contribution in [3.8, 4) is 23.0 Å². The molecule has 0 atom stereocenters. The maximum Gasteiger partial charge on any atom is 0.342 e. The number of para-hydroxylation sites is 1. The average molecular weight is 396 g/mol. The highest BCUT2D eigenvalue weighted by Crippen LogP contribution is 2.36. The number of aromatic hydroxyl groups is 1. The highest BCUT2D eigenvalue weighted by molar-refractivity contribution is 6.32. The lowest BCUT2D eigenvalue weighted by Crippen LogP contribution is -2.21. The van der Waals surface area contributed by atoms with E-state index < -0.39 is 18.5 Å². The molecular formula is C18H18ClNO7. The van der Waals surface area contributed by atoms with Crippen LogP contribution in [0.1, 0.15) is 10.4 Å². The van der Waals surface area contributed by atoms with Gasteiger partial charge in [0.05, 0.1) is 32.0 Å². The summed E-state index contributed by atoms with van der Waals surface area (Å²) in [5.74, 6) is -1.04. The summed E-state index contributed by atoms with van der Waals surface area (Å²) in [4.78, 5) is 24.2. The minimum Gasteiger partial charge on any atom is -0.504 e. The summed E-state index contributed by atoms with van der Waals surface area (Å²) < 4.78 is 20.1. The molecule has 0 bridgehead atoms. The van der Waals surface area contributed by atoms with Crippen LogP contribution in [0, 0.1) is 0 Å². The number of ether oxygens (including phenoxy) is 4. The highest BCUT2D eigenvalue weighted by atomic mass is 35.5. The lowest BCUT2D eigenvalue weighted by molar-refractivity contribution is -0.119. The van der Waals surface area contributed by atoms with Crippen LogP contribution in [0.15, 0.2) is 30.3 Å². The maximum atomic E-state index is 12.1. The number of esters is 1. The first-order valence-electron chi connectivity index (χ1n) is 7.65. The van der Waals surface area contributed by atoms with Crippen LogP contribution in [-0.4, -0.2) is 44.9 Å². The van der Waals surface area contributed by atoms with Crippen LogP contribution in [0.25, 0.3) is 0 Å². The number of amides is 1. The first-order chi connectivity index (χ1) is 12.9. The number of benzene rings is 2. The molecule has 2 N–H and O–H groups in total. The van der Waals surface area contributed by atoms with Crippen LogP contribution in [-0.2, 0) is 9.53 Å². The number of phenols is 1. The molecule has 1 amide bonds. The van der Waals surface area contributed by atoms with Gasteiger partial charge in [-0.2, -0.15) is 0 Å². The molecule has 0 aromatic heterocycles. The Hall–Kier alpha value is -3.13. The van der Waals surface area contributed by atoms with Crippen LogP contribution in [0.5, 0.6) is 23.0 Å². The van der Waals surface area contributed by atoms with Gasteiger partial charge in [-0.3, -0.25) is 4.79 Å². The molecule has 0 aliphatic carbocycles. The molecule has 9 heteroatoms. The Bertz CT molecular complexity index is 854. The monoisotopic (exact) mass is 395 g/mol. The lowest BCUT2D eigenvalue weighted by Gasteiger charge is -2.13. The first-order valence-corrected chi connectivity index (χ1v) is 8.03. The van der Waals surface area contributed by atoms with E-state index in [1.165, 1.54) is 51.7 Å². The van der Waals surface area contributed by atoms with Gasteiger partial charge in [0.25, 0.3) is 5.91 Å². The average Bonchev–Trinajstić information content (AvgIpc) is 2.66. The number of phenolic OH excluding ortho intramolecular Hbond substituents is 1. The fourth-order valence-electron chi connectivity index (χ4n) is 2.20. The molecule has 0 heterocycles. The van der Waals surface area contributed by atoms with E-state index >= 15 is 0 Å². The van der Waals surface area contributed by atoms with Crippen molar-refractivity contribution in [2.45, 2.75) is 0 Å². The van der Waals surface area contributed by atoms with Crippen molar-refractivity contribution in [2.24, 2.45) is 0 Å². The number of methoxy groups -OCH3 is 3. The van der Waals surface area contributed by atoms with E-state index in [-0.39, 0.29) is 27.8 Å². The third-order valence-corrected chi connectivity index (χ3v) is 3.82. The number of rotatable bonds is 7. The second-order valence-corrected chi connectivity index (χ2v) is 5.57. The number of nitrogens with one attached hydrogen (secondary N) is 1. The van der Waals surface area contributed by atoms with E-state index in [4.69, 9.17) is 30.5 Å². The van der Waals surface area contributed by atoms with Crippen LogP contribution >= 0.6 is 11.6 Å². The van der Waals surface area contributed by atoms with Crippen LogP contribution in [0.4, 0.5) is 5.69 Å². The van der Waals surface area contributed by atoms with Gasteiger partial charge in [0.1, 0.15) is 17.1 Å². The molecule has 0 saturated carbocycles. The molecule has 8 nitrogen and oxygen atoms in total. The van der Waals surface area contributed by atoms with Gasteiger partial charge in [-0.15, -0.1) is 0 Å². The molecule has 2 aromatic carbocycles. The molecule has 0 fully saturated rings. The van der Waals surface area contributed by atoms with Gasteiger partial charge < -0.3 is 29.4 Å². The van der Waals surface area contributed by atoms with E-state index in [0.717, 1.165) is 0 Å². The topological polar surface area (TPSA) is 103 Å². The maximum absolute atomic E-state index is 12.1. The summed E-state index contributed by atoms with van der Waals surface area (Å²) in [6.07, 6.45) is 0. The van der Waals surface area contributed by atoms with Crippen molar-refractivity contribution in [2.75, 3.05) is 33.3 Å². The Balaban J connectivity index is 2.05. The van der Waals surface area contributed by atoms with E-state index in [9.17, 15) is 14.7 Å². The normalized spacial score (nSPS) is 10.1. The molecular weight excluding hydrogens is 378 g/mol. The van der Waals surface area contributed by atoms with Gasteiger partial charge in [-0.25, -0.2) is 4.79 Å². The number of anilines is 1. The molecule has 0 aliphatic rings. The Morgan fingerprint density at radius 3 is 2.33 bits per heavy atom. The highest BCUT2D eigenvalue weighted by Gasteiger charge is 2.18. The van der Waals surface area contributed by atoms with Gasteiger partial charge in [0.15, 0.2) is 18.1 Å². The fourth-order valence-corrected chi connectivity index (χ4v) is 2.45. The molecule has 0 aliphatic heterocycles. The number of carbonyl (C=O) groups excluding carboxylic acids is 2. The summed E-state index contributed by atoms with van der Waals surface area (Å²) in [7, 11) is 4.22. The number of carbonyl (C=O) groups is 2. The van der Waals surface area contributed by atoms with E-state index in [1.54, 1.807) is 0 Å². The third-order valence-electron chi connectivity index (χ3n) is 3.52. The van der Waals surface area contributed by atoms with E-state index in [1.807, 2.05) is 0 Å². The van der Waals surface area contributed by atoms with Crippen LogP contribution in [0.3, 0.4) is 0 Å². The fraction of sp³-hybridized carbons (Fsp3) is 0.222. The summed E-state index contributed by atoms with van der Waals surface area (Å²) in [5.41, 5.74) is 0.167. The quantitative estimate of drug-likeness (QED) is 0.694. The molecule has 144 valence electrons. The summed E-state index contributed by atoms with van der Waals surface area (Å²) in [5, 5.41) is 12.7. The summed E-state index contributed by atoms with van der Waals surface area (Å²) in [6, 6.07) is 7.31. The molecule has 27 heavy (non-hydrogen) atoms. The zero-order valence-electron chi connectivity index (χ0n) is 14.9. The summed E-state index contributed by atoms with van der Waals surface area (Å²) >= 11 is 6.04. The molecule has 0 radical (unpaired) electrons. The van der Waals surface area contributed by atoms with Crippen molar-refractivity contribution < 1.29 is 33.6 Å². The van der Waals surface area contributed by atoms with Crippen LogP contribution < -0.4 is 19.5 Å². The molecule has 2 aromatic rings. The SMILES string of the molecule is COc1cc(OC)c(NC(=O)COC(=O)c2cccc(OC)c2O)cc1Cl. The summed E-state index contributed by atoms with van der Waals surface area (Å²) in [6.45, 7) is -0.581. The smallest absolute Gasteiger partial charge is 0.342 e. The van der Waals surface area contributed by atoms with Gasteiger partial charge >= 0.3 is 5.97 Å². The number of halogens is 1. The lowest BCUT2D eigenvalue weighted by atomic mass is 10.2. The predicted octanol–water partition coefficient (Wildman–Crippen LogP) is 2.87. The zero-order valence-corrected chi connectivity index (χ0v) is 15.6. The van der Waals surface area contributed by atoms with Crippen molar-refractivity contribution in [3.05, 3.63) is 40.9 Å². The van der Waals surface area contributed by atoms with E-state index in [0.29, 0.717) is 11.5 Å². The second kappa shape index (κ2) is 9.00. The van der Waals surface area contributed by atoms with Crippen molar-refractivity contribution >= 4 is 29.2 Å². The Morgan fingerprint density at radius 1 is 1.04 bits per heavy atom. The van der Waals surface area contributed by atoms with Crippen molar-refractivity contribution in [1.82, 2.24) is 0 Å². The van der Waals surface area contributed by atoms with Crippen LogP contribution in [0.2, 0.25) is 5.02 Å². The zero-order chi connectivity index (χ0) is 20.0. The Morgan fingerprint density at radius 2 is 1.70 bits per heavy atom. The van der Waals surface area contributed by atoms with Gasteiger partial charge in [-0.1, -0.05) is 17.7 Å². The van der Waals surface area contributed by atoms with Gasteiger partial charge in [0.2, 0.25) is 0 Å². The van der Waals surface area contributed by atoms with Gasteiger partial charge in [0, 0.05) is 6.07 Å². The predicted molar refractivity (Wildman–Crippen MR) is 98.1 cm³/mol. The van der Waals surface area contributed by atoms with Crippen molar-refractivity contribution in [1.29, 1.82) is 0 Å². The number of hydrogen-bond donors (Lipinski definition) is 2.